The molecule has 0 aliphatic heterocycles. The van der Waals surface area contributed by atoms with Gasteiger partial charge in [0.05, 0.1) is 6.10 Å². The molecule has 0 saturated carbocycles. The Kier molecular flexibility index (Phi) is 1.58. The van der Waals surface area contributed by atoms with Crippen molar-refractivity contribution in [3.63, 3.8) is 0 Å². The van der Waals surface area contributed by atoms with Crippen LogP contribution in [0.2, 0.25) is 0 Å². The minimum Gasteiger partial charge on any atom is -0.388 e. The third kappa shape index (κ3) is 1.22. The summed E-state index contributed by atoms with van der Waals surface area (Å²) in [6, 6.07) is 0. The van der Waals surface area contributed by atoms with Gasteiger partial charge in [-0.3, -0.25) is 0 Å². The van der Waals surface area contributed by atoms with Gasteiger partial charge in [0.1, 0.15) is 0 Å². The first-order chi connectivity index (χ1) is 4.55. The second-order valence-electron chi connectivity index (χ2n) is 3.45. The normalized spacial score (nSPS) is 29.4. The highest BCUT2D eigenvalue weighted by Gasteiger charge is 2.29. The summed E-state index contributed by atoms with van der Waals surface area (Å²) in [5.41, 5.74) is 0.825. The highest BCUT2D eigenvalue weighted by molar-refractivity contribution is 5.35. The van der Waals surface area contributed by atoms with Crippen molar-refractivity contribution < 1.29 is 5.11 Å². The summed E-state index contributed by atoms with van der Waals surface area (Å²) >= 11 is 0. The molecule has 1 aliphatic rings. The summed E-state index contributed by atoms with van der Waals surface area (Å²) in [6.07, 6.45) is 7.49. The average Bonchev–Trinajstić information content (AvgIpc) is 2.05. The van der Waals surface area contributed by atoms with E-state index in [-0.39, 0.29) is 5.41 Å². The van der Waals surface area contributed by atoms with Gasteiger partial charge in [-0.2, -0.15) is 0 Å². The number of rotatable bonds is 0. The lowest BCUT2D eigenvalue weighted by Crippen LogP contribution is -2.09. The summed E-state index contributed by atoms with van der Waals surface area (Å²) in [6.45, 7) is 4.14. The molecule has 0 heterocycles. The van der Waals surface area contributed by atoms with Crippen molar-refractivity contribution in [1.29, 1.82) is 0 Å². The number of aliphatic hydroxyl groups is 1. The molecule has 0 saturated heterocycles. The standard InChI is InChI=1S/C9H12O/c1-4-7-5-9(2,3)6-8(7)10/h1,5,8,10H,6H2,2-3H3. The molecule has 1 heteroatoms. The van der Waals surface area contributed by atoms with Gasteiger partial charge in [0.25, 0.3) is 0 Å². The second-order valence-corrected chi connectivity index (χ2v) is 3.45. The van der Waals surface area contributed by atoms with Crippen molar-refractivity contribution >= 4 is 0 Å². The minimum atomic E-state index is -0.403. The van der Waals surface area contributed by atoms with Crippen LogP contribution in [-0.2, 0) is 0 Å². The lowest BCUT2D eigenvalue weighted by molar-refractivity contribution is 0.187. The van der Waals surface area contributed by atoms with E-state index in [0.29, 0.717) is 0 Å². The van der Waals surface area contributed by atoms with Crippen LogP contribution in [0.3, 0.4) is 0 Å². The van der Waals surface area contributed by atoms with Crippen LogP contribution in [0.5, 0.6) is 0 Å². The highest BCUT2D eigenvalue weighted by atomic mass is 16.3. The fraction of sp³-hybridized carbons (Fsp3) is 0.556. The van der Waals surface area contributed by atoms with Crippen LogP contribution in [0, 0.1) is 17.8 Å². The van der Waals surface area contributed by atoms with E-state index in [0.717, 1.165) is 12.0 Å². The molecule has 10 heavy (non-hydrogen) atoms. The van der Waals surface area contributed by atoms with E-state index in [1.165, 1.54) is 0 Å². The largest absolute Gasteiger partial charge is 0.388 e. The summed E-state index contributed by atoms with van der Waals surface area (Å²) < 4.78 is 0. The van der Waals surface area contributed by atoms with E-state index < -0.39 is 6.10 Å². The van der Waals surface area contributed by atoms with Crippen LogP contribution >= 0.6 is 0 Å². The first-order valence-corrected chi connectivity index (χ1v) is 3.42. The first-order valence-electron chi connectivity index (χ1n) is 3.42. The zero-order valence-corrected chi connectivity index (χ0v) is 6.39. The molecule has 0 radical (unpaired) electrons. The molecule has 0 aromatic rings. The molecule has 0 fully saturated rings. The zero-order valence-electron chi connectivity index (χ0n) is 6.39. The van der Waals surface area contributed by atoms with Crippen molar-refractivity contribution in [2.75, 3.05) is 0 Å². The zero-order chi connectivity index (χ0) is 7.78. The smallest absolute Gasteiger partial charge is 0.0872 e. The van der Waals surface area contributed by atoms with Gasteiger partial charge in [-0.15, -0.1) is 6.42 Å². The molecule has 54 valence electrons. The monoisotopic (exact) mass is 136 g/mol. The van der Waals surface area contributed by atoms with Crippen molar-refractivity contribution in [3.8, 4) is 12.3 Å². The molecule has 0 bridgehead atoms. The third-order valence-corrected chi connectivity index (χ3v) is 1.79. The number of allylic oxidation sites excluding steroid dienone is 1. The Morgan fingerprint density at radius 3 is 2.60 bits per heavy atom. The van der Waals surface area contributed by atoms with Crippen LogP contribution < -0.4 is 0 Å². The Morgan fingerprint density at radius 1 is 1.80 bits per heavy atom. The molecular weight excluding hydrogens is 124 g/mol. The summed E-state index contributed by atoms with van der Waals surface area (Å²) in [5, 5.41) is 9.31. The van der Waals surface area contributed by atoms with Crippen molar-refractivity contribution in [1.82, 2.24) is 0 Å². The molecule has 1 aliphatic carbocycles. The first kappa shape index (κ1) is 7.37. The van der Waals surface area contributed by atoms with Gasteiger partial charge in [0, 0.05) is 5.57 Å². The Balaban J connectivity index is 2.85. The molecule has 1 atom stereocenters. The maximum absolute atomic E-state index is 9.31. The quantitative estimate of drug-likeness (QED) is 0.498. The van der Waals surface area contributed by atoms with Gasteiger partial charge < -0.3 is 5.11 Å². The van der Waals surface area contributed by atoms with Gasteiger partial charge in [-0.25, -0.2) is 0 Å². The summed E-state index contributed by atoms with van der Waals surface area (Å²) in [4.78, 5) is 0. The molecule has 1 unspecified atom stereocenters. The van der Waals surface area contributed by atoms with Crippen LogP contribution in [0.4, 0.5) is 0 Å². The van der Waals surface area contributed by atoms with E-state index in [2.05, 4.69) is 19.8 Å². The summed E-state index contributed by atoms with van der Waals surface area (Å²) in [7, 11) is 0. The minimum absolute atomic E-state index is 0.0844. The number of aliphatic hydroxyl groups excluding tert-OH is 1. The number of hydrogen-bond acceptors (Lipinski definition) is 1. The Morgan fingerprint density at radius 2 is 2.40 bits per heavy atom. The van der Waals surface area contributed by atoms with Crippen LogP contribution in [0.25, 0.3) is 0 Å². The van der Waals surface area contributed by atoms with Gasteiger partial charge in [0.15, 0.2) is 0 Å². The third-order valence-electron chi connectivity index (χ3n) is 1.79. The van der Waals surface area contributed by atoms with Gasteiger partial charge in [-0.1, -0.05) is 25.8 Å². The van der Waals surface area contributed by atoms with E-state index in [9.17, 15) is 5.11 Å². The Hall–Kier alpha value is -0.740. The van der Waals surface area contributed by atoms with E-state index in [4.69, 9.17) is 6.42 Å². The highest BCUT2D eigenvalue weighted by Crippen LogP contribution is 2.34. The SMILES string of the molecule is C#CC1=CC(C)(C)CC1O. The predicted molar refractivity (Wildman–Crippen MR) is 41.3 cm³/mol. The fourth-order valence-corrected chi connectivity index (χ4v) is 1.32. The molecule has 0 aromatic carbocycles. The fourth-order valence-electron chi connectivity index (χ4n) is 1.32. The maximum atomic E-state index is 9.31. The Bertz CT molecular complexity index is 205. The van der Waals surface area contributed by atoms with Gasteiger partial charge in [-0.05, 0) is 11.8 Å². The van der Waals surface area contributed by atoms with Crippen LogP contribution in [-0.4, -0.2) is 11.2 Å². The van der Waals surface area contributed by atoms with Crippen LogP contribution in [0.1, 0.15) is 20.3 Å². The molecule has 0 amide bonds. The van der Waals surface area contributed by atoms with E-state index in [1.54, 1.807) is 0 Å². The van der Waals surface area contributed by atoms with Gasteiger partial charge >= 0.3 is 0 Å². The molecule has 0 aromatic heterocycles. The maximum Gasteiger partial charge on any atom is 0.0872 e. The second kappa shape index (κ2) is 2.14. The lowest BCUT2D eigenvalue weighted by Gasteiger charge is -2.13. The number of terminal acetylenes is 1. The molecular formula is C9H12O. The molecule has 1 nitrogen and oxygen atoms in total. The van der Waals surface area contributed by atoms with Crippen LogP contribution in [0.15, 0.2) is 11.6 Å². The topological polar surface area (TPSA) is 20.2 Å². The van der Waals surface area contributed by atoms with E-state index in [1.807, 2.05) is 6.08 Å². The lowest BCUT2D eigenvalue weighted by atomic mass is 9.93. The number of hydrogen-bond donors (Lipinski definition) is 1. The average molecular weight is 136 g/mol. The molecule has 0 spiro atoms. The van der Waals surface area contributed by atoms with Crippen molar-refractivity contribution in [3.05, 3.63) is 11.6 Å². The summed E-state index contributed by atoms with van der Waals surface area (Å²) in [5.74, 6) is 2.48. The van der Waals surface area contributed by atoms with E-state index >= 15 is 0 Å². The predicted octanol–water partition coefficient (Wildman–Crippen LogP) is 1.34. The van der Waals surface area contributed by atoms with Crippen molar-refractivity contribution in [2.24, 2.45) is 5.41 Å². The molecule has 1 N–H and O–H groups in total. The van der Waals surface area contributed by atoms with Gasteiger partial charge in [0.2, 0.25) is 0 Å². The van der Waals surface area contributed by atoms with Crippen molar-refractivity contribution in [2.45, 2.75) is 26.4 Å². The molecule has 1 rings (SSSR count). The Labute approximate surface area is 61.8 Å².